The third kappa shape index (κ3) is 2.50. The first kappa shape index (κ1) is 11.3. The Kier molecular flexibility index (Phi) is 3.39. The number of ether oxygens (including phenoxy) is 1. The monoisotopic (exact) mass is 221 g/mol. The molecule has 1 fully saturated rings. The molecule has 1 atom stereocenters. The van der Waals surface area contributed by atoms with Gasteiger partial charge in [0.05, 0.1) is 0 Å². The van der Waals surface area contributed by atoms with Crippen molar-refractivity contribution in [2.45, 2.75) is 38.7 Å². The molecule has 1 aliphatic carbocycles. The molecule has 4 heteroatoms. The molecule has 1 heterocycles. The molecule has 1 aromatic rings. The lowest BCUT2D eigenvalue weighted by Crippen LogP contribution is -2.08. The van der Waals surface area contributed by atoms with Crippen LogP contribution in [-0.4, -0.2) is 23.6 Å². The van der Waals surface area contributed by atoms with E-state index < -0.39 is 0 Å². The van der Waals surface area contributed by atoms with Gasteiger partial charge in [-0.2, -0.15) is 0 Å². The zero-order valence-corrected chi connectivity index (χ0v) is 10.2. The van der Waals surface area contributed by atoms with E-state index in [1.807, 2.05) is 27.0 Å². The van der Waals surface area contributed by atoms with Crippen molar-refractivity contribution >= 4 is 5.82 Å². The summed E-state index contributed by atoms with van der Waals surface area (Å²) in [6, 6.07) is 2.04. The van der Waals surface area contributed by atoms with Crippen molar-refractivity contribution in [3.63, 3.8) is 0 Å². The van der Waals surface area contributed by atoms with Crippen molar-refractivity contribution in [1.29, 1.82) is 0 Å². The summed E-state index contributed by atoms with van der Waals surface area (Å²) in [6.45, 7) is 4.67. The van der Waals surface area contributed by atoms with Gasteiger partial charge in [0.25, 0.3) is 0 Å². The van der Waals surface area contributed by atoms with Gasteiger partial charge in [0.2, 0.25) is 0 Å². The van der Waals surface area contributed by atoms with Crippen molar-refractivity contribution in [3.8, 4) is 0 Å². The third-order valence-electron chi connectivity index (χ3n) is 2.80. The van der Waals surface area contributed by atoms with Gasteiger partial charge in [-0.05, 0) is 26.7 Å². The van der Waals surface area contributed by atoms with Crippen LogP contribution in [0.3, 0.4) is 0 Å². The number of aromatic nitrogens is 2. The molecule has 0 amide bonds. The van der Waals surface area contributed by atoms with Gasteiger partial charge in [-0.3, -0.25) is 0 Å². The van der Waals surface area contributed by atoms with Crippen molar-refractivity contribution < 1.29 is 4.74 Å². The van der Waals surface area contributed by atoms with Crippen LogP contribution in [0.1, 0.15) is 50.2 Å². The molecule has 1 saturated carbocycles. The fourth-order valence-electron chi connectivity index (χ4n) is 1.71. The Morgan fingerprint density at radius 3 is 2.81 bits per heavy atom. The zero-order chi connectivity index (χ0) is 11.5. The Hall–Kier alpha value is -1.16. The molecule has 1 aromatic heterocycles. The molecule has 1 aliphatic rings. The summed E-state index contributed by atoms with van der Waals surface area (Å²) in [5, 5.41) is 3.08. The van der Waals surface area contributed by atoms with Crippen LogP contribution in [0.2, 0.25) is 0 Å². The van der Waals surface area contributed by atoms with Crippen LogP contribution < -0.4 is 5.32 Å². The maximum atomic E-state index is 5.53. The van der Waals surface area contributed by atoms with Crippen LogP contribution in [0, 0.1) is 0 Å². The minimum atomic E-state index is -0.0317. The molecule has 0 radical (unpaired) electrons. The standard InChI is InChI=1S/C12H19N3O/c1-4-16-8(2)12-14-10(9-5-6-9)7-11(13-3)15-12/h7-9H,4-6H2,1-3H3,(H,13,14,15). The van der Waals surface area contributed by atoms with Crippen LogP contribution >= 0.6 is 0 Å². The second kappa shape index (κ2) is 4.78. The summed E-state index contributed by atoms with van der Waals surface area (Å²) in [5.74, 6) is 2.32. The van der Waals surface area contributed by atoms with E-state index in [2.05, 4.69) is 15.3 Å². The molecule has 0 aliphatic heterocycles. The maximum absolute atomic E-state index is 5.53. The van der Waals surface area contributed by atoms with Gasteiger partial charge in [0.1, 0.15) is 11.9 Å². The molecule has 88 valence electrons. The highest BCUT2D eigenvalue weighted by Gasteiger charge is 2.26. The summed E-state index contributed by atoms with van der Waals surface area (Å²) >= 11 is 0. The van der Waals surface area contributed by atoms with Gasteiger partial charge in [-0.15, -0.1) is 0 Å². The maximum Gasteiger partial charge on any atom is 0.159 e. The molecule has 1 N–H and O–H groups in total. The first-order valence-corrected chi connectivity index (χ1v) is 5.92. The van der Waals surface area contributed by atoms with Gasteiger partial charge in [0.15, 0.2) is 5.82 Å². The number of hydrogen-bond acceptors (Lipinski definition) is 4. The first-order valence-electron chi connectivity index (χ1n) is 5.92. The minimum Gasteiger partial charge on any atom is -0.373 e. The molecule has 1 unspecified atom stereocenters. The molecular formula is C12H19N3O. The predicted octanol–water partition coefficient (Wildman–Crippen LogP) is 2.49. The summed E-state index contributed by atoms with van der Waals surface area (Å²) in [4.78, 5) is 9.02. The lowest BCUT2D eigenvalue weighted by atomic mass is 10.2. The van der Waals surface area contributed by atoms with Gasteiger partial charge in [-0.1, -0.05) is 0 Å². The zero-order valence-electron chi connectivity index (χ0n) is 10.2. The third-order valence-corrected chi connectivity index (χ3v) is 2.80. The second-order valence-corrected chi connectivity index (χ2v) is 4.16. The average Bonchev–Trinajstić information content (AvgIpc) is 3.12. The van der Waals surface area contributed by atoms with Crippen LogP contribution in [-0.2, 0) is 4.74 Å². The highest BCUT2D eigenvalue weighted by Crippen LogP contribution is 2.39. The van der Waals surface area contributed by atoms with Gasteiger partial charge < -0.3 is 10.1 Å². The molecule has 16 heavy (non-hydrogen) atoms. The normalized spacial score (nSPS) is 17.2. The molecule has 0 bridgehead atoms. The Bertz CT molecular complexity index is 363. The van der Waals surface area contributed by atoms with Gasteiger partial charge >= 0.3 is 0 Å². The van der Waals surface area contributed by atoms with E-state index in [0.29, 0.717) is 12.5 Å². The molecule has 4 nitrogen and oxygen atoms in total. The van der Waals surface area contributed by atoms with Crippen molar-refractivity contribution in [2.24, 2.45) is 0 Å². The lowest BCUT2D eigenvalue weighted by Gasteiger charge is -2.13. The molecule has 0 saturated heterocycles. The number of nitrogens with zero attached hydrogens (tertiary/aromatic N) is 2. The highest BCUT2D eigenvalue weighted by atomic mass is 16.5. The van der Waals surface area contributed by atoms with E-state index in [0.717, 1.165) is 17.3 Å². The molecular weight excluding hydrogens is 202 g/mol. The molecule has 2 rings (SSSR count). The van der Waals surface area contributed by atoms with Crippen LogP contribution in [0.4, 0.5) is 5.82 Å². The number of nitrogens with one attached hydrogen (secondary N) is 1. The molecule has 0 aromatic carbocycles. The first-order chi connectivity index (χ1) is 7.74. The summed E-state index contributed by atoms with van der Waals surface area (Å²) in [6.07, 6.45) is 2.47. The van der Waals surface area contributed by atoms with E-state index in [1.165, 1.54) is 12.8 Å². The Labute approximate surface area is 96.4 Å². The summed E-state index contributed by atoms with van der Waals surface area (Å²) < 4.78 is 5.53. The van der Waals surface area contributed by atoms with Gasteiger partial charge in [0, 0.05) is 31.3 Å². The largest absolute Gasteiger partial charge is 0.373 e. The SMILES string of the molecule is CCOC(C)c1nc(NC)cc(C2CC2)n1. The quantitative estimate of drug-likeness (QED) is 0.829. The fraction of sp³-hybridized carbons (Fsp3) is 0.667. The van der Waals surface area contributed by atoms with Crippen molar-refractivity contribution in [1.82, 2.24) is 9.97 Å². The van der Waals surface area contributed by atoms with E-state index >= 15 is 0 Å². The lowest BCUT2D eigenvalue weighted by molar-refractivity contribution is 0.0700. The Balaban J connectivity index is 2.25. The highest BCUT2D eigenvalue weighted by molar-refractivity contribution is 5.37. The minimum absolute atomic E-state index is 0.0317. The Morgan fingerprint density at radius 1 is 1.50 bits per heavy atom. The van der Waals surface area contributed by atoms with Crippen molar-refractivity contribution in [2.75, 3.05) is 19.0 Å². The van der Waals surface area contributed by atoms with Crippen molar-refractivity contribution in [3.05, 3.63) is 17.6 Å². The van der Waals surface area contributed by atoms with E-state index in [1.54, 1.807) is 0 Å². The topological polar surface area (TPSA) is 47.0 Å². The van der Waals surface area contributed by atoms with Gasteiger partial charge in [-0.25, -0.2) is 9.97 Å². The second-order valence-electron chi connectivity index (χ2n) is 4.16. The van der Waals surface area contributed by atoms with Crippen LogP contribution in [0.15, 0.2) is 6.07 Å². The van der Waals surface area contributed by atoms with Crippen LogP contribution in [0.25, 0.3) is 0 Å². The number of hydrogen-bond donors (Lipinski definition) is 1. The van der Waals surface area contributed by atoms with E-state index in [9.17, 15) is 0 Å². The number of anilines is 1. The summed E-state index contributed by atoms with van der Waals surface area (Å²) in [5.41, 5.74) is 1.15. The smallest absolute Gasteiger partial charge is 0.159 e. The Morgan fingerprint density at radius 2 is 2.25 bits per heavy atom. The van der Waals surface area contributed by atoms with E-state index in [-0.39, 0.29) is 6.10 Å². The number of rotatable bonds is 5. The molecule has 0 spiro atoms. The fourth-order valence-corrected chi connectivity index (χ4v) is 1.71. The van der Waals surface area contributed by atoms with Crippen LogP contribution in [0.5, 0.6) is 0 Å². The predicted molar refractivity (Wildman–Crippen MR) is 63.6 cm³/mol. The van der Waals surface area contributed by atoms with E-state index in [4.69, 9.17) is 4.74 Å². The average molecular weight is 221 g/mol. The summed E-state index contributed by atoms with van der Waals surface area (Å²) in [7, 11) is 1.88.